The summed E-state index contributed by atoms with van der Waals surface area (Å²) in [6, 6.07) is 4.73. The third kappa shape index (κ3) is 2.58. The van der Waals surface area contributed by atoms with E-state index in [0.717, 1.165) is 0 Å². The molecule has 1 fully saturated rings. The molecular formula is C15H22N2O3S. The first kappa shape index (κ1) is 16.0. The third-order valence-corrected chi connectivity index (χ3v) is 6.10. The van der Waals surface area contributed by atoms with Gasteiger partial charge in [-0.05, 0) is 35.4 Å². The Hall–Kier alpha value is -1.40. The Morgan fingerprint density at radius 1 is 1.19 bits per heavy atom. The summed E-state index contributed by atoms with van der Waals surface area (Å²) in [6.45, 7) is 9.90. The lowest BCUT2D eigenvalue weighted by atomic mass is 10.0. The number of benzene rings is 1. The number of carbonyl (C=O) groups is 1. The lowest BCUT2D eigenvalue weighted by Gasteiger charge is -2.09. The van der Waals surface area contributed by atoms with E-state index < -0.39 is 10.0 Å². The fourth-order valence-electron chi connectivity index (χ4n) is 3.05. The van der Waals surface area contributed by atoms with Gasteiger partial charge in [-0.15, -0.1) is 0 Å². The van der Waals surface area contributed by atoms with Gasteiger partial charge in [-0.1, -0.05) is 33.8 Å². The number of nitrogens with two attached hydrogens (primary N) is 1. The van der Waals surface area contributed by atoms with Gasteiger partial charge in [0.15, 0.2) is 0 Å². The highest BCUT2D eigenvalue weighted by molar-refractivity contribution is 7.89. The predicted molar refractivity (Wildman–Crippen MR) is 82.2 cm³/mol. The molecule has 0 radical (unpaired) electrons. The molecule has 0 spiro atoms. The predicted octanol–water partition coefficient (Wildman–Crippen LogP) is 2.26. The highest BCUT2D eigenvalue weighted by Gasteiger charge is 2.68. The van der Waals surface area contributed by atoms with Crippen LogP contribution in [0.25, 0.3) is 0 Å². The van der Waals surface area contributed by atoms with Gasteiger partial charge in [0, 0.05) is 11.6 Å². The number of primary sulfonamides is 1. The van der Waals surface area contributed by atoms with Crippen LogP contribution in [0.5, 0.6) is 0 Å². The van der Waals surface area contributed by atoms with E-state index >= 15 is 0 Å². The van der Waals surface area contributed by atoms with Crippen LogP contribution in [0, 0.1) is 23.7 Å². The molecule has 0 unspecified atom stereocenters. The van der Waals surface area contributed by atoms with Gasteiger partial charge in [0.1, 0.15) is 0 Å². The fourth-order valence-corrected chi connectivity index (χ4v) is 3.86. The first-order chi connectivity index (χ1) is 9.39. The molecule has 0 aromatic heterocycles. The summed E-state index contributed by atoms with van der Waals surface area (Å²) in [7, 11) is -3.79. The average molecular weight is 310 g/mol. The topological polar surface area (TPSA) is 89.3 Å². The van der Waals surface area contributed by atoms with Gasteiger partial charge in [0.25, 0.3) is 0 Å². The zero-order valence-corrected chi connectivity index (χ0v) is 13.8. The van der Waals surface area contributed by atoms with Crippen molar-refractivity contribution in [2.45, 2.75) is 39.5 Å². The zero-order chi connectivity index (χ0) is 16.2. The number of hydrogen-bond donors (Lipinski definition) is 2. The van der Waals surface area contributed by atoms with Gasteiger partial charge < -0.3 is 5.32 Å². The van der Waals surface area contributed by atoms with Crippen LogP contribution in [0.4, 0.5) is 5.69 Å². The van der Waals surface area contributed by atoms with Gasteiger partial charge in [0.05, 0.1) is 4.90 Å². The summed E-state index contributed by atoms with van der Waals surface area (Å²) in [5.41, 5.74) is 0.880. The van der Waals surface area contributed by atoms with Crippen LogP contribution in [0.2, 0.25) is 0 Å². The summed E-state index contributed by atoms with van der Waals surface area (Å²) >= 11 is 0. The SMILES string of the molecule is Cc1ccc(NC(=O)C2C(C)(C)C2(C)C)cc1S(N)(=O)=O. The van der Waals surface area contributed by atoms with Crippen molar-refractivity contribution in [1.29, 1.82) is 0 Å². The summed E-state index contributed by atoms with van der Waals surface area (Å²) in [4.78, 5) is 12.4. The number of aryl methyl sites for hydroxylation is 1. The van der Waals surface area contributed by atoms with E-state index in [1.54, 1.807) is 19.1 Å². The molecule has 6 heteroatoms. The number of rotatable bonds is 3. The van der Waals surface area contributed by atoms with Crippen molar-refractivity contribution in [2.75, 3.05) is 5.32 Å². The number of anilines is 1. The van der Waals surface area contributed by atoms with Crippen LogP contribution in [0.1, 0.15) is 33.3 Å². The van der Waals surface area contributed by atoms with E-state index in [1.807, 2.05) is 0 Å². The van der Waals surface area contributed by atoms with Crippen LogP contribution in [-0.4, -0.2) is 14.3 Å². The lowest BCUT2D eigenvalue weighted by Crippen LogP contribution is -2.19. The van der Waals surface area contributed by atoms with E-state index in [0.29, 0.717) is 11.3 Å². The number of sulfonamides is 1. The second-order valence-electron chi connectivity index (χ2n) is 6.89. The maximum atomic E-state index is 12.4. The molecule has 3 N–H and O–H groups in total. The van der Waals surface area contributed by atoms with Crippen molar-refractivity contribution in [3.05, 3.63) is 23.8 Å². The van der Waals surface area contributed by atoms with Gasteiger partial charge >= 0.3 is 0 Å². The largest absolute Gasteiger partial charge is 0.326 e. The molecular weight excluding hydrogens is 288 g/mol. The molecule has 1 aliphatic carbocycles. The Bertz CT molecular complexity index is 692. The number of hydrogen-bond acceptors (Lipinski definition) is 3. The minimum atomic E-state index is -3.79. The lowest BCUT2D eigenvalue weighted by molar-refractivity contribution is -0.118. The summed E-state index contributed by atoms with van der Waals surface area (Å²) in [6.07, 6.45) is 0. The molecule has 0 saturated heterocycles. The highest BCUT2D eigenvalue weighted by atomic mass is 32.2. The van der Waals surface area contributed by atoms with E-state index in [1.165, 1.54) is 6.07 Å². The first-order valence-corrected chi connectivity index (χ1v) is 8.38. The summed E-state index contributed by atoms with van der Waals surface area (Å²) < 4.78 is 23.0. The van der Waals surface area contributed by atoms with Crippen molar-refractivity contribution >= 4 is 21.6 Å². The Morgan fingerprint density at radius 3 is 2.14 bits per heavy atom. The Kier molecular flexibility index (Phi) is 3.46. The average Bonchev–Trinajstić information content (AvgIpc) is 2.70. The van der Waals surface area contributed by atoms with Gasteiger partial charge in [-0.25, -0.2) is 13.6 Å². The van der Waals surface area contributed by atoms with E-state index in [2.05, 4.69) is 33.0 Å². The summed E-state index contributed by atoms with van der Waals surface area (Å²) in [5.74, 6) is -0.182. The Morgan fingerprint density at radius 2 is 1.71 bits per heavy atom. The second-order valence-corrected chi connectivity index (χ2v) is 8.42. The van der Waals surface area contributed by atoms with E-state index in [-0.39, 0.29) is 27.6 Å². The van der Waals surface area contributed by atoms with Crippen molar-refractivity contribution in [3.63, 3.8) is 0 Å². The van der Waals surface area contributed by atoms with Crippen LogP contribution in [-0.2, 0) is 14.8 Å². The zero-order valence-electron chi connectivity index (χ0n) is 13.0. The fraction of sp³-hybridized carbons (Fsp3) is 0.533. The van der Waals surface area contributed by atoms with Crippen LogP contribution in [0.15, 0.2) is 23.1 Å². The number of carbonyl (C=O) groups excluding carboxylic acids is 1. The molecule has 1 aromatic carbocycles. The second kappa shape index (κ2) is 4.55. The molecule has 1 aromatic rings. The Labute approximate surface area is 126 Å². The quantitative estimate of drug-likeness (QED) is 0.897. The maximum absolute atomic E-state index is 12.4. The Balaban J connectivity index is 2.25. The highest BCUT2D eigenvalue weighted by Crippen LogP contribution is 2.68. The monoisotopic (exact) mass is 310 g/mol. The first-order valence-electron chi connectivity index (χ1n) is 6.83. The van der Waals surface area contributed by atoms with Crippen molar-refractivity contribution in [3.8, 4) is 0 Å². The van der Waals surface area contributed by atoms with Crippen LogP contribution < -0.4 is 10.5 Å². The molecule has 21 heavy (non-hydrogen) atoms. The molecule has 5 nitrogen and oxygen atoms in total. The number of amides is 1. The standard InChI is InChI=1S/C15H22N2O3S/c1-9-6-7-10(8-11(9)21(16,19)20)17-13(18)12-14(2,3)15(12,4)5/h6-8,12H,1-5H3,(H,17,18)(H2,16,19,20). The third-order valence-electron chi connectivity index (χ3n) is 5.05. The van der Waals surface area contributed by atoms with Gasteiger partial charge in [0.2, 0.25) is 15.9 Å². The number of nitrogens with one attached hydrogen (secondary N) is 1. The van der Waals surface area contributed by atoms with Gasteiger partial charge in [-0.3, -0.25) is 4.79 Å². The van der Waals surface area contributed by atoms with Crippen molar-refractivity contribution < 1.29 is 13.2 Å². The maximum Gasteiger partial charge on any atom is 0.238 e. The van der Waals surface area contributed by atoms with E-state index in [4.69, 9.17) is 5.14 Å². The van der Waals surface area contributed by atoms with Crippen molar-refractivity contribution in [1.82, 2.24) is 0 Å². The van der Waals surface area contributed by atoms with Crippen LogP contribution in [0.3, 0.4) is 0 Å². The van der Waals surface area contributed by atoms with Crippen LogP contribution >= 0.6 is 0 Å². The minimum absolute atomic E-state index is 0.0367. The molecule has 0 bridgehead atoms. The molecule has 116 valence electrons. The van der Waals surface area contributed by atoms with Gasteiger partial charge in [-0.2, -0.15) is 0 Å². The molecule has 0 heterocycles. The van der Waals surface area contributed by atoms with E-state index in [9.17, 15) is 13.2 Å². The minimum Gasteiger partial charge on any atom is -0.326 e. The molecule has 1 aliphatic rings. The summed E-state index contributed by atoms with van der Waals surface area (Å²) in [5, 5.41) is 7.97. The molecule has 0 aliphatic heterocycles. The smallest absolute Gasteiger partial charge is 0.238 e. The molecule has 1 amide bonds. The normalized spacial score (nSPS) is 20.1. The molecule has 2 rings (SSSR count). The molecule has 0 atom stereocenters. The van der Waals surface area contributed by atoms with Crippen molar-refractivity contribution in [2.24, 2.45) is 21.9 Å². The molecule has 1 saturated carbocycles.